The monoisotopic (exact) mass is 453 g/mol. The maximum absolute atomic E-state index is 13.4. The molecule has 3 heterocycles. The summed E-state index contributed by atoms with van der Waals surface area (Å²) in [6, 6.07) is 7.17. The SMILES string of the molecule is CCOC(=O)c1ccc(N2C[C@H](C)Cn3c2nc2c3c(=O)n(CCC(C)C)c(=O)n2C)cc1. The van der Waals surface area contributed by atoms with E-state index < -0.39 is 0 Å². The lowest BCUT2D eigenvalue weighted by Gasteiger charge is -2.33. The van der Waals surface area contributed by atoms with Gasteiger partial charge in [0.2, 0.25) is 5.95 Å². The van der Waals surface area contributed by atoms with E-state index in [1.54, 1.807) is 26.1 Å². The Kier molecular flexibility index (Phi) is 6.14. The number of aromatic nitrogens is 4. The third kappa shape index (κ3) is 4.07. The highest BCUT2D eigenvalue weighted by molar-refractivity contribution is 5.90. The first-order valence-corrected chi connectivity index (χ1v) is 11.5. The fraction of sp³-hybridized carbons (Fsp3) is 0.500. The first-order valence-electron chi connectivity index (χ1n) is 11.5. The molecular formula is C24H31N5O4. The second-order valence-electron chi connectivity index (χ2n) is 9.16. The number of fused-ring (bicyclic) bond motifs is 3. The van der Waals surface area contributed by atoms with Gasteiger partial charge in [-0.15, -0.1) is 0 Å². The molecule has 1 aliphatic rings. The van der Waals surface area contributed by atoms with E-state index in [0.29, 0.717) is 54.8 Å². The van der Waals surface area contributed by atoms with E-state index in [1.165, 1.54) is 9.13 Å². The van der Waals surface area contributed by atoms with Crippen LogP contribution in [0.2, 0.25) is 0 Å². The van der Waals surface area contributed by atoms with Crippen LogP contribution in [0, 0.1) is 11.8 Å². The molecule has 9 nitrogen and oxygen atoms in total. The van der Waals surface area contributed by atoms with E-state index in [4.69, 9.17) is 9.72 Å². The maximum atomic E-state index is 13.4. The van der Waals surface area contributed by atoms with Crippen LogP contribution < -0.4 is 16.1 Å². The van der Waals surface area contributed by atoms with Crippen LogP contribution in [0.15, 0.2) is 33.9 Å². The molecule has 0 spiro atoms. The Hall–Kier alpha value is -3.36. The van der Waals surface area contributed by atoms with Gasteiger partial charge in [0.05, 0.1) is 12.2 Å². The lowest BCUT2D eigenvalue weighted by molar-refractivity contribution is 0.0526. The van der Waals surface area contributed by atoms with Gasteiger partial charge in [-0.05, 0) is 49.4 Å². The highest BCUT2D eigenvalue weighted by Crippen LogP contribution is 2.33. The number of benzene rings is 1. The third-order valence-corrected chi connectivity index (χ3v) is 6.06. The molecule has 0 saturated heterocycles. The largest absolute Gasteiger partial charge is 0.462 e. The molecule has 0 fully saturated rings. The van der Waals surface area contributed by atoms with Crippen molar-refractivity contribution in [2.24, 2.45) is 18.9 Å². The molecule has 3 aromatic rings. The van der Waals surface area contributed by atoms with Crippen LogP contribution in [0.5, 0.6) is 0 Å². The predicted molar refractivity (Wildman–Crippen MR) is 127 cm³/mol. The first kappa shape index (κ1) is 22.8. The van der Waals surface area contributed by atoms with Crippen molar-refractivity contribution in [3.63, 3.8) is 0 Å². The lowest BCUT2D eigenvalue weighted by atomic mass is 10.1. The summed E-state index contributed by atoms with van der Waals surface area (Å²) in [5.41, 5.74) is 1.55. The Labute approximate surface area is 192 Å². The summed E-state index contributed by atoms with van der Waals surface area (Å²) in [6.07, 6.45) is 0.747. The zero-order chi connectivity index (χ0) is 23.9. The minimum atomic E-state index is -0.361. The summed E-state index contributed by atoms with van der Waals surface area (Å²) in [5.74, 6) is 0.895. The van der Waals surface area contributed by atoms with Gasteiger partial charge in [-0.2, -0.15) is 4.98 Å². The molecule has 0 N–H and O–H groups in total. The second kappa shape index (κ2) is 8.88. The van der Waals surface area contributed by atoms with Gasteiger partial charge < -0.3 is 14.2 Å². The van der Waals surface area contributed by atoms with Crippen molar-refractivity contribution in [2.45, 2.75) is 47.2 Å². The van der Waals surface area contributed by atoms with E-state index in [-0.39, 0.29) is 23.1 Å². The van der Waals surface area contributed by atoms with E-state index in [2.05, 4.69) is 20.8 Å². The minimum Gasteiger partial charge on any atom is -0.462 e. The highest BCUT2D eigenvalue weighted by Gasteiger charge is 2.30. The van der Waals surface area contributed by atoms with Gasteiger partial charge in [0, 0.05) is 32.4 Å². The van der Waals surface area contributed by atoms with Crippen molar-refractivity contribution in [2.75, 3.05) is 18.1 Å². The number of aryl methyl sites for hydroxylation is 1. The van der Waals surface area contributed by atoms with E-state index in [1.807, 2.05) is 21.6 Å². The van der Waals surface area contributed by atoms with Crippen molar-refractivity contribution in [1.29, 1.82) is 0 Å². The Morgan fingerprint density at radius 2 is 1.88 bits per heavy atom. The normalized spacial score (nSPS) is 15.8. The average Bonchev–Trinajstić information content (AvgIpc) is 3.16. The minimum absolute atomic E-state index is 0.250. The standard InChI is InChI=1S/C24H31N5O4/c1-6-33-22(31)17-7-9-18(10-8-17)28-13-16(4)14-29-19-20(25-23(28)29)26(5)24(32)27(21(19)30)12-11-15(2)3/h7-10,15-16H,6,11-14H2,1-5H3/t16-/m0/s1. The van der Waals surface area contributed by atoms with E-state index >= 15 is 0 Å². The number of ether oxygens (including phenoxy) is 1. The van der Waals surface area contributed by atoms with Gasteiger partial charge in [-0.25, -0.2) is 9.59 Å². The van der Waals surface area contributed by atoms with Crippen molar-refractivity contribution in [3.8, 4) is 0 Å². The van der Waals surface area contributed by atoms with Crippen LogP contribution in [0.3, 0.4) is 0 Å². The topological polar surface area (TPSA) is 91.4 Å². The zero-order valence-corrected chi connectivity index (χ0v) is 19.9. The maximum Gasteiger partial charge on any atom is 0.338 e. The van der Waals surface area contributed by atoms with Gasteiger partial charge in [0.1, 0.15) is 0 Å². The summed E-state index contributed by atoms with van der Waals surface area (Å²) in [6.45, 7) is 10.1. The molecule has 1 aromatic carbocycles. The van der Waals surface area contributed by atoms with Crippen LogP contribution in [-0.2, 0) is 24.9 Å². The number of hydrogen-bond acceptors (Lipinski definition) is 6. The molecule has 176 valence electrons. The van der Waals surface area contributed by atoms with Gasteiger partial charge in [-0.1, -0.05) is 20.8 Å². The second-order valence-corrected chi connectivity index (χ2v) is 9.16. The van der Waals surface area contributed by atoms with Crippen molar-refractivity contribution in [3.05, 3.63) is 50.7 Å². The Bertz CT molecular complexity index is 1300. The van der Waals surface area contributed by atoms with Crippen LogP contribution >= 0.6 is 0 Å². The van der Waals surface area contributed by atoms with Crippen LogP contribution in [0.25, 0.3) is 11.2 Å². The smallest absolute Gasteiger partial charge is 0.338 e. The molecule has 2 aromatic heterocycles. The predicted octanol–water partition coefficient (Wildman–Crippen LogP) is 2.91. The fourth-order valence-electron chi connectivity index (χ4n) is 4.30. The fourth-order valence-corrected chi connectivity index (χ4v) is 4.30. The number of imidazole rings is 1. The average molecular weight is 454 g/mol. The number of carbonyl (C=O) groups excluding carboxylic acids is 1. The molecule has 0 amide bonds. The quantitative estimate of drug-likeness (QED) is 0.533. The van der Waals surface area contributed by atoms with Gasteiger partial charge in [-0.3, -0.25) is 13.9 Å². The van der Waals surface area contributed by atoms with E-state index in [0.717, 1.165) is 12.1 Å². The highest BCUT2D eigenvalue weighted by atomic mass is 16.5. The summed E-state index contributed by atoms with van der Waals surface area (Å²) in [5, 5.41) is 0. The van der Waals surface area contributed by atoms with Gasteiger partial charge in [0.15, 0.2) is 11.2 Å². The molecule has 1 aliphatic heterocycles. The summed E-state index contributed by atoms with van der Waals surface area (Å²) < 4.78 is 9.79. The number of carbonyl (C=O) groups is 1. The summed E-state index contributed by atoms with van der Waals surface area (Å²) in [4.78, 5) is 45.1. The number of hydrogen-bond donors (Lipinski definition) is 0. The van der Waals surface area contributed by atoms with Crippen LogP contribution in [0.4, 0.5) is 11.6 Å². The summed E-state index contributed by atoms with van der Waals surface area (Å²) in [7, 11) is 1.66. The van der Waals surface area contributed by atoms with Crippen molar-refractivity contribution >= 4 is 28.8 Å². The van der Waals surface area contributed by atoms with Crippen molar-refractivity contribution in [1.82, 2.24) is 18.7 Å². The number of rotatable bonds is 6. The molecule has 0 radical (unpaired) electrons. The third-order valence-electron chi connectivity index (χ3n) is 6.06. The molecule has 1 atom stereocenters. The van der Waals surface area contributed by atoms with Crippen LogP contribution in [-0.4, -0.2) is 37.8 Å². The molecule has 0 unspecified atom stereocenters. The Morgan fingerprint density at radius 1 is 1.18 bits per heavy atom. The number of anilines is 2. The molecular weight excluding hydrogens is 422 g/mol. The Balaban J connectivity index is 1.83. The zero-order valence-electron chi connectivity index (χ0n) is 19.9. The number of nitrogens with zero attached hydrogens (tertiary/aromatic N) is 5. The number of esters is 1. The molecule has 4 rings (SSSR count). The summed E-state index contributed by atoms with van der Waals surface area (Å²) >= 11 is 0. The van der Waals surface area contributed by atoms with E-state index in [9.17, 15) is 14.4 Å². The van der Waals surface area contributed by atoms with Gasteiger partial charge in [0.25, 0.3) is 5.56 Å². The Morgan fingerprint density at radius 3 is 2.52 bits per heavy atom. The molecule has 0 bridgehead atoms. The molecule has 9 heteroatoms. The van der Waals surface area contributed by atoms with Crippen LogP contribution in [0.1, 0.15) is 44.5 Å². The van der Waals surface area contributed by atoms with Crippen molar-refractivity contribution < 1.29 is 9.53 Å². The molecule has 0 aliphatic carbocycles. The molecule has 0 saturated carbocycles. The van der Waals surface area contributed by atoms with Gasteiger partial charge >= 0.3 is 11.7 Å². The molecule has 33 heavy (non-hydrogen) atoms. The first-order chi connectivity index (χ1) is 15.7. The lowest BCUT2D eigenvalue weighted by Crippen LogP contribution is -2.40.